The van der Waals surface area contributed by atoms with E-state index in [1.807, 2.05) is 22.9 Å². The van der Waals surface area contributed by atoms with Crippen molar-refractivity contribution in [2.45, 2.75) is 13.0 Å². The highest BCUT2D eigenvalue weighted by Crippen LogP contribution is 2.18. The molecule has 17 heavy (non-hydrogen) atoms. The lowest BCUT2D eigenvalue weighted by Gasteiger charge is -2.10. The number of hydrogen-bond donors (Lipinski definition) is 1. The largest absolute Gasteiger partial charge is 0.497 e. The van der Waals surface area contributed by atoms with E-state index >= 15 is 0 Å². The number of ether oxygens (including phenoxy) is 1. The smallest absolute Gasteiger partial charge is 0.189 e. The Balaban J connectivity index is 2.57. The van der Waals surface area contributed by atoms with Gasteiger partial charge in [-0.3, -0.25) is 4.79 Å². The van der Waals surface area contributed by atoms with Gasteiger partial charge in [0.1, 0.15) is 5.75 Å². The molecule has 4 nitrogen and oxygen atoms in total. The van der Waals surface area contributed by atoms with Crippen molar-refractivity contribution < 1.29 is 4.74 Å². The molecule has 2 aromatic rings. The summed E-state index contributed by atoms with van der Waals surface area (Å²) in [4.78, 5) is 11.8. The topological polar surface area (TPSA) is 57.2 Å². The summed E-state index contributed by atoms with van der Waals surface area (Å²) in [7, 11) is 1.59. The van der Waals surface area contributed by atoms with Crippen LogP contribution in [0.15, 0.2) is 35.3 Å². The first-order valence-corrected chi connectivity index (χ1v) is 5.63. The van der Waals surface area contributed by atoms with Gasteiger partial charge in [-0.15, -0.1) is 0 Å². The molecule has 90 valence electrons. The molecule has 0 bridgehead atoms. The average molecular weight is 232 g/mol. The lowest BCUT2D eigenvalue weighted by Crippen LogP contribution is -2.10. The Morgan fingerprint density at radius 1 is 1.35 bits per heavy atom. The predicted octanol–water partition coefficient (Wildman–Crippen LogP) is 1.36. The second kappa shape index (κ2) is 5.01. The third-order valence-electron chi connectivity index (χ3n) is 2.79. The highest BCUT2D eigenvalue weighted by Gasteiger charge is 2.03. The van der Waals surface area contributed by atoms with E-state index in [-0.39, 0.29) is 5.43 Å². The summed E-state index contributed by atoms with van der Waals surface area (Å²) < 4.78 is 7.17. The Morgan fingerprint density at radius 2 is 2.18 bits per heavy atom. The number of fused-ring (bicyclic) bond motifs is 1. The predicted molar refractivity (Wildman–Crippen MR) is 68.4 cm³/mol. The Bertz CT molecular complexity index is 575. The van der Waals surface area contributed by atoms with Crippen molar-refractivity contribution in [3.8, 4) is 5.75 Å². The van der Waals surface area contributed by atoms with Crippen molar-refractivity contribution in [3.63, 3.8) is 0 Å². The van der Waals surface area contributed by atoms with Crippen molar-refractivity contribution in [2.24, 2.45) is 5.73 Å². The first-order chi connectivity index (χ1) is 8.26. The van der Waals surface area contributed by atoms with E-state index < -0.39 is 0 Å². The fraction of sp³-hybridized carbons (Fsp3) is 0.308. The van der Waals surface area contributed by atoms with E-state index in [9.17, 15) is 4.79 Å². The minimum atomic E-state index is 0.0166. The molecular weight excluding hydrogens is 216 g/mol. The van der Waals surface area contributed by atoms with Crippen LogP contribution in [0.5, 0.6) is 5.75 Å². The molecule has 0 aliphatic rings. The second-order valence-corrected chi connectivity index (χ2v) is 3.90. The monoisotopic (exact) mass is 232 g/mol. The standard InChI is InChI=1S/C13H16N2O2/c1-17-10-3-4-12-11(9-10)13(16)5-8-15(12)7-2-6-14/h3-5,8-9H,2,6-7,14H2,1H3. The molecule has 1 aromatic heterocycles. The number of benzene rings is 1. The second-order valence-electron chi connectivity index (χ2n) is 3.90. The third-order valence-corrected chi connectivity index (χ3v) is 2.79. The number of rotatable bonds is 4. The van der Waals surface area contributed by atoms with Crippen LogP contribution in [0.4, 0.5) is 0 Å². The van der Waals surface area contributed by atoms with E-state index in [0.717, 1.165) is 18.5 Å². The van der Waals surface area contributed by atoms with Crippen LogP contribution in [-0.2, 0) is 6.54 Å². The first kappa shape index (κ1) is 11.7. The molecule has 0 amide bonds. The normalized spacial score (nSPS) is 10.7. The summed E-state index contributed by atoms with van der Waals surface area (Å²) in [6.07, 6.45) is 2.71. The van der Waals surface area contributed by atoms with Gasteiger partial charge in [-0.1, -0.05) is 0 Å². The quantitative estimate of drug-likeness (QED) is 0.866. The highest BCUT2D eigenvalue weighted by atomic mass is 16.5. The Hall–Kier alpha value is -1.81. The van der Waals surface area contributed by atoms with Crippen molar-refractivity contribution in [3.05, 3.63) is 40.7 Å². The number of pyridine rings is 1. The number of aryl methyl sites for hydroxylation is 1. The van der Waals surface area contributed by atoms with Crippen molar-refractivity contribution >= 4 is 10.9 Å². The molecule has 2 rings (SSSR count). The summed E-state index contributed by atoms with van der Waals surface area (Å²) in [6.45, 7) is 1.46. The van der Waals surface area contributed by atoms with Gasteiger partial charge >= 0.3 is 0 Å². The number of methoxy groups -OCH3 is 1. The van der Waals surface area contributed by atoms with Crippen LogP contribution in [0.1, 0.15) is 6.42 Å². The maximum atomic E-state index is 11.8. The van der Waals surface area contributed by atoms with Crippen LogP contribution in [0, 0.1) is 0 Å². The summed E-state index contributed by atoms with van der Waals surface area (Å²) in [5.41, 5.74) is 6.44. The maximum Gasteiger partial charge on any atom is 0.189 e. The minimum Gasteiger partial charge on any atom is -0.497 e. The molecule has 0 radical (unpaired) electrons. The van der Waals surface area contributed by atoms with Gasteiger partial charge < -0.3 is 15.0 Å². The van der Waals surface area contributed by atoms with Crippen LogP contribution >= 0.6 is 0 Å². The van der Waals surface area contributed by atoms with Crippen LogP contribution in [0.25, 0.3) is 10.9 Å². The van der Waals surface area contributed by atoms with Gasteiger partial charge in [0.15, 0.2) is 5.43 Å². The van der Waals surface area contributed by atoms with E-state index in [0.29, 0.717) is 17.7 Å². The molecule has 0 saturated carbocycles. The van der Waals surface area contributed by atoms with Gasteiger partial charge in [0.25, 0.3) is 0 Å². The van der Waals surface area contributed by atoms with Gasteiger partial charge in [0.2, 0.25) is 0 Å². The first-order valence-electron chi connectivity index (χ1n) is 5.63. The van der Waals surface area contributed by atoms with Crippen LogP contribution in [0.2, 0.25) is 0 Å². The van der Waals surface area contributed by atoms with E-state index in [2.05, 4.69) is 0 Å². The van der Waals surface area contributed by atoms with Crippen molar-refractivity contribution in [2.75, 3.05) is 13.7 Å². The summed E-state index contributed by atoms with van der Waals surface area (Å²) in [5.74, 6) is 0.700. The van der Waals surface area contributed by atoms with Gasteiger partial charge in [-0.25, -0.2) is 0 Å². The van der Waals surface area contributed by atoms with Crippen molar-refractivity contribution in [1.82, 2.24) is 4.57 Å². The average Bonchev–Trinajstić information content (AvgIpc) is 2.38. The highest BCUT2D eigenvalue weighted by molar-refractivity contribution is 5.80. The zero-order valence-electron chi connectivity index (χ0n) is 9.85. The summed E-state index contributed by atoms with van der Waals surface area (Å²) in [5, 5.41) is 0.684. The molecule has 0 atom stereocenters. The van der Waals surface area contributed by atoms with E-state index in [1.165, 1.54) is 0 Å². The van der Waals surface area contributed by atoms with Crippen LogP contribution < -0.4 is 15.9 Å². The molecule has 0 aliphatic carbocycles. The summed E-state index contributed by atoms with van der Waals surface area (Å²) >= 11 is 0. The number of hydrogen-bond acceptors (Lipinski definition) is 3. The lowest BCUT2D eigenvalue weighted by molar-refractivity contribution is 0.415. The lowest BCUT2D eigenvalue weighted by atomic mass is 10.2. The Kier molecular flexibility index (Phi) is 3.44. The molecule has 1 aromatic carbocycles. The van der Waals surface area contributed by atoms with Gasteiger partial charge in [-0.05, 0) is 31.2 Å². The van der Waals surface area contributed by atoms with Gasteiger partial charge in [-0.2, -0.15) is 0 Å². The molecule has 4 heteroatoms. The molecule has 1 heterocycles. The van der Waals surface area contributed by atoms with Crippen LogP contribution in [-0.4, -0.2) is 18.2 Å². The van der Waals surface area contributed by atoms with Gasteiger partial charge in [0.05, 0.1) is 12.6 Å². The van der Waals surface area contributed by atoms with Crippen molar-refractivity contribution in [1.29, 1.82) is 0 Å². The molecule has 0 unspecified atom stereocenters. The van der Waals surface area contributed by atoms with Gasteiger partial charge in [0, 0.05) is 24.2 Å². The maximum absolute atomic E-state index is 11.8. The zero-order valence-corrected chi connectivity index (χ0v) is 9.85. The minimum absolute atomic E-state index is 0.0166. The Labute approximate surface area is 99.6 Å². The van der Waals surface area contributed by atoms with Crippen LogP contribution in [0.3, 0.4) is 0 Å². The molecular formula is C13H16N2O2. The fourth-order valence-electron chi connectivity index (χ4n) is 1.87. The molecule has 0 saturated heterocycles. The number of aromatic nitrogens is 1. The SMILES string of the molecule is COc1ccc2c(c1)c(=O)ccn2CCCN. The number of nitrogens with two attached hydrogens (primary N) is 1. The van der Waals surface area contributed by atoms with E-state index in [4.69, 9.17) is 10.5 Å². The molecule has 2 N–H and O–H groups in total. The fourth-order valence-corrected chi connectivity index (χ4v) is 1.87. The zero-order chi connectivity index (χ0) is 12.3. The summed E-state index contributed by atoms with van der Waals surface area (Å²) in [6, 6.07) is 7.13. The third kappa shape index (κ3) is 2.31. The van der Waals surface area contributed by atoms with E-state index in [1.54, 1.807) is 19.2 Å². The molecule has 0 aliphatic heterocycles. The molecule has 0 fully saturated rings. The number of nitrogens with zero attached hydrogens (tertiary/aromatic N) is 1. The molecule has 0 spiro atoms. The Morgan fingerprint density at radius 3 is 2.88 bits per heavy atom.